The van der Waals surface area contributed by atoms with Crippen molar-refractivity contribution in [2.45, 2.75) is 32.2 Å². The monoisotopic (exact) mass is 300 g/mol. The summed E-state index contributed by atoms with van der Waals surface area (Å²) < 4.78 is 13.5. The maximum atomic E-state index is 13.5. The molecule has 1 aromatic heterocycles. The van der Waals surface area contributed by atoms with E-state index in [0.717, 1.165) is 31.0 Å². The molecule has 3 rings (SSSR count). The molecule has 1 saturated heterocycles. The largest absolute Gasteiger partial charge is 0.355 e. The van der Waals surface area contributed by atoms with Gasteiger partial charge < -0.3 is 10.6 Å². The Balaban J connectivity index is 2.04. The van der Waals surface area contributed by atoms with Gasteiger partial charge in [-0.1, -0.05) is 26.0 Å². The minimum absolute atomic E-state index is 0.190. The molecule has 0 amide bonds. The Kier molecular flexibility index (Phi) is 4.07. The smallest absolute Gasteiger partial charge is 0.161 e. The first kappa shape index (κ1) is 14.9. The van der Waals surface area contributed by atoms with E-state index in [4.69, 9.17) is 5.73 Å². The highest BCUT2D eigenvalue weighted by molar-refractivity contribution is 5.58. The normalized spacial score (nSPS) is 18.2. The van der Waals surface area contributed by atoms with Crippen LogP contribution in [0.25, 0.3) is 11.4 Å². The molecule has 1 aliphatic rings. The van der Waals surface area contributed by atoms with E-state index in [-0.39, 0.29) is 17.8 Å². The van der Waals surface area contributed by atoms with Crippen molar-refractivity contribution in [3.8, 4) is 11.4 Å². The van der Waals surface area contributed by atoms with Crippen LogP contribution in [0.3, 0.4) is 0 Å². The van der Waals surface area contributed by atoms with Gasteiger partial charge in [0.2, 0.25) is 0 Å². The lowest BCUT2D eigenvalue weighted by Gasteiger charge is -2.19. The van der Waals surface area contributed by atoms with Crippen molar-refractivity contribution in [1.29, 1.82) is 0 Å². The zero-order valence-electron chi connectivity index (χ0n) is 13.0. The van der Waals surface area contributed by atoms with Crippen molar-refractivity contribution < 1.29 is 4.39 Å². The highest BCUT2D eigenvalue weighted by Gasteiger charge is 2.22. The van der Waals surface area contributed by atoms with E-state index in [1.54, 1.807) is 6.07 Å². The number of hydrogen-bond donors (Lipinski definition) is 1. The summed E-state index contributed by atoms with van der Waals surface area (Å²) in [4.78, 5) is 11.4. The van der Waals surface area contributed by atoms with E-state index >= 15 is 0 Å². The predicted octanol–water partition coefficient (Wildman–Crippen LogP) is 2.94. The van der Waals surface area contributed by atoms with Gasteiger partial charge in [-0.25, -0.2) is 14.4 Å². The molecular weight excluding hydrogens is 279 g/mol. The summed E-state index contributed by atoms with van der Waals surface area (Å²) in [6, 6.07) is 8.62. The molecule has 0 saturated carbocycles. The maximum Gasteiger partial charge on any atom is 0.161 e. The molecule has 0 aliphatic carbocycles. The first-order valence-corrected chi connectivity index (χ1v) is 7.68. The van der Waals surface area contributed by atoms with Gasteiger partial charge in [0.1, 0.15) is 11.6 Å². The number of nitrogens with two attached hydrogens (primary N) is 1. The third kappa shape index (κ3) is 3.09. The van der Waals surface area contributed by atoms with Gasteiger partial charge in [-0.15, -0.1) is 0 Å². The summed E-state index contributed by atoms with van der Waals surface area (Å²) in [7, 11) is 0. The number of rotatable bonds is 3. The molecule has 0 radical (unpaired) electrons. The van der Waals surface area contributed by atoms with E-state index in [0.29, 0.717) is 11.4 Å². The van der Waals surface area contributed by atoms with Crippen LogP contribution in [0.2, 0.25) is 0 Å². The molecule has 2 aromatic rings. The zero-order chi connectivity index (χ0) is 15.7. The molecule has 1 unspecified atom stereocenters. The molecule has 1 fully saturated rings. The highest BCUT2D eigenvalue weighted by atomic mass is 19.1. The maximum absolute atomic E-state index is 13.5. The van der Waals surface area contributed by atoms with E-state index in [1.807, 2.05) is 12.1 Å². The Hall–Kier alpha value is -2.01. The lowest BCUT2D eigenvalue weighted by atomic mass is 10.1. The number of aromatic nitrogens is 2. The average Bonchev–Trinajstić information content (AvgIpc) is 2.93. The summed E-state index contributed by atoms with van der Waals surface area (Å²) in [6.45, 7) is 5.89. The molecule has 116 valence electrons. The van der Waals surface area contributed by atoms with Crippen molar-refractivity contribution in [2.24, 2.45) is 5.73 Å². The topological polar surface area (TPSA) is 55.0 Å². The Morgan fingerprint density at radius 1 is 1.27 bits per heavy atom. The van der Waals surface area contributed by atoms with Crippen LogP contribution < -0.4 is 10.6 Å². The summed E-state index contributed by atoms with van der Waals surface area (Å²) in [5.74, 6) is 1.46. The van der Waals surface area contributed by atoms with Crippen molar-refractivity contribution in [2.75, 3.05) is 18.0 Å². The Morgan fingerprint density at radius 3 is 2.73 bits per heavy atom. The molecular formula is C17H21FN4. The lowest BCUT2D eigenvalue weighted by Crippen LogP contribution is -2.27. The van der Waals surface area contributed by atoms with Gasteiger partial charge in [-0.3, -0.25) is 0 Å². The summed E-state index contributed by atoms with van der Waals surface area (Å²) in [6.07, 6.45) is 0.969. The molecule has 2 heterocycles. The molecule has 1 aromatic carbocycles. The van der Waals surface area contributed by atoms with Crippen LogP contribution >= 0.6 is 0 Å². The third-order valence-electron chi connectivity index (χ3n) is 3.96. The minimum atomic E-state index is -0.277. The third-order valence-corrected chi connectivity index (χ3v) is 3.96. The van der Waals surface area contributed by atoms with Crippen molar-refractivity contribution >= 4 is 5.82 Å². The zero-order valence-corrected chi connectivity index (χ0v) is 13.0. The quantitative estimate of drug-likeness (QED) is 0.947. The molecule has 4 nitrogen and oxygen atoms in total. The minimum Gasteiger partial charge on any atom is -0.355 e. The van der Waals surface area contributed by atoms with E-state index < -0.39 is 0 Å². The first-order chi connectivity index (χ1) is 10.5. The number of benzene rings is 1. The van der Waals surface area contributed by atoms with E-state index in [2.05, 4.69) is 28.7 Å². The van der Waals surface area contributed by atoms with Gasteiger partial charge in [-0.2, -0.15) is 0 Å². The van der Waals surface area contributed by atoms with Crippen molar-refractivity contribution in [3.63, 3.8) is 0 Å². The van der Waals surface area contributed by atoms with Gasteiger partial charge >= 0.3 is 0 Å². The van der Waals surface area contributed by atoms with Crippen molar-refractivity contribution in [3.05, 3.63) is 41.8 Å². The second kappa shape index (κ2) is 6.01. The Labute approximate surface area is 130 Å². The second-order valence-electron chi connectivity index (χ2n) is 6.13. The fourth-order valence-electron chi connectivity index (χ4n) is 2.66. The molecule has 0 spiro atoms. The number of halogens is 1. The Morgan fingerprint density at radius 2 is 2.09 bits per heavy atom. The molecule has 1 aliphatic heterocycles. The molecule has 22 heavy (non-hydrogen) atoms. The van der Waals surface area contributed by atoms with Crippen LogP contribution in [-0.4, -0.2) is 29.1 Å². The fraction of sp³-hybridized carbons (Fsp3) is 0.412. The number of nitrogens with zero attached hydrogens (tertiary/aromatic N) is 3. The van der Waals surface area contributed by atoms with Crippen LogP contribution in [0.1, 0.15) is 31.9 Å². The Bertz CT molecular complexity index is 671. The van der Waals surface area contributed by atoms with Gasteiger partial charge in [0, 0.05) is 36.5 Å². The molecule has 0 bridgehead atoms. The van der Waals surface area contributed by atoms with Crippen LogP contribution in [-0.2, 0) is 0 Å². The number of anilines is 1. The van der Waals surface area contributed by atoms with Crippen LogP contribution in [0.5, 0.6) is 0 Å². The van der Waals surface area contributed by atoms with Crippen LogP contribution in [0.4, 0.5) is 10.2 Å². The second-order valence-corrected chi connectivity index (χ2v) is 6.13. The van der Waals surface area contributed by atoms with E-state index in [1.165, 1.54) is 12.1 Å². The van der Waals surface area contributed by atoms with Crippen LogP contribution in [0.15, 0.2) is 30.3 Å². The summed E-state index contributed by atoms with van der Waals surface area (Å²) >= 11 is 0. The lowest BCUT2D eigenvalue weighted by molar-refractivity contribution is 0.628. The molecule has 2 N–H and O–H groups in total. The molecule has 5 heteroatoms. The van der Waals surface area contributed by atoms with Gasteiger partial charge in [0.25, 0.3) is 0 Å². The summed E-state index contributed by atoms with van der Waals surface area (Å²) in [5, 5.41) is 0. The molecule has 1 atom stereocenters. The van der Waals surface area contributed by atoms with Crippen LogP contribution in [0, 0.1) is 5.82 Å². The standard InChI is InChI=1S/C17H21FN4/c1-11(2)15-9-16(22-7-6-14(19)10-22)21-17(20-15)12-4-3-5-13(18)8-12/h3-5,8-9,11,14H,6-7,10,19H2,1-2H3. The SMILES string of the molecule is CC(C)c1cc(N2CCC(N)C2)nc(-c2cccc(F)c2)n1. The first-order valence-electron chi connectivity index (χ1n) is 7.68. The van der Waals surface area contributed by atoms with Gasteiger partial charge in [-0.05, 0) is 24.5 Å². The van der Waals surface area contributed by atoms with Gasteiger partial charge in [0.05, 0.1) is 0 Å². The summed E-state index contributed by atoms with van der Waals surface area (Å²) in [5.41, 5.74) is 7.66. The van der Waals surface area contributed by atoms with Gasteiger partial charge in [0.15, 0.2) is 5.82 Å². The predicted molar refractivity (Wildman–Crippen MR) is 86.3 cm³/mol. The average molecular weight is 300 g/mol. The fourth-order valence-corrected chi connectivity index (χ4v) is 2.66. The van der Waals surface area contributed by atoms with Crippen molar-refractivity contribution in [1.82, 2.24) is 9.97 Å². The highest BCUT2D eigenvalue weighted by Crippen LogP contribution is 2.26. The number of hydrogen-bond acceptors (Lipinski definition) is 4. The van der Waals surface area contributed by atoms with E-state index in [9.17, 15) is 4.39 Å².